The summed E-state index contributed by atoms with van der Waals surface area (Å²) in [5.41, 5.74) is 0.797. The molecule has 6 heteroatoms. The second-order valence-electron chi connectivity index (χ2n) is 4.80. The Morgan fingerprint density at radius 3 is 2.71 bits per heavy atom. The van der Waals surface area contributed by atoms with Gasteiger partial charge in [-0.3, -0.25) is 4.90 Å². The lowest BCUT2D eigenvalue weighted by atomic mass is 10.2. The zero-order valence-corrected chi connectivity index (χ0v) is 13.9. The van der Waals surface area contributed by atoms with E-state index < -0.39 is 0 Å². The van der Waals surface area contributed by atoms with E-state index in [1.807, 2.05) is 19.1 Å². The lowest BCUT2D eigenvalue weighted by molar-refractivity contribution is 0.0320. The molecular weight excluding hydrogens is 338 g/mol. The summed E-state index contributed by atoms with van der Waals surface area (Å²) in [5, 5.41) is 9.26. The molecule has 1 aliphatic heterocycles. The number of hydrogen-bond donors (Lipinski definition) is 1. The second kappa shape index (κ2) is 8.58. The fourth-order valence-corrected chi connectivity index (χ4v) is 2.82. The van der Waals surface area contributed by atoms with E-state index in [4.69, 9.17) is 14.2 Å². The van der Waals surface area contributed by atoms with Crippen molar-refractivity contribution < 1.29 is 19.3 Å². The first-order chi connectivity index (χ1) is 10.2. The zero-order chi connectivity index (χ0) is 15.1. The van der Waals surface area contributed by atoms with Crippen molar-refractivity contribution in [2.24, 2.45) is 0 Å². The summed E-state index contributed by atoms with van der Waals surface area (Å²) in [4.78, 5) is 2.32. The van der Waals surface area contributed by atoms with Gasteiger partial charge in [-0.25, -0.2) is 0 Å². The largest absolute Gasteiger partial charge is 0.490 e. The van der Waals surface area contributed by atoms with Gasteiger partial charge in [0.15, 0.2) is 11.5 Å². The zero-order valence-electron chi connectivity index (χ0n) is 12.3. The third-order valence-corrected chi connectivity index (χ3v) is 3.90. The van der Waals surface area contributed by atoms with Gasteiger partial charge in [0.05, 0.1) is 30.9 Å². The Bertz CT molecular complexity index is 450. The van der Waals surface area contributed by atoms with Crippen LogP contribution < -0.4 is 9.47 Å². The fraction of sp³-hybridized carbons (Fsp3) is 0.600. The Hall–Kier alpha value is -0.820. The average Bonchev–Trinajstić information content (AvgIpc) is 2.51. The van der Waals surface area contributed by atoms with Crippen LogP contribution in [0.15, 0.2) is 16.6 Å². The Morgan fingerprint density at radius 2 is 2.05 bits per heavy atom. The smallest absolute Gasteiger partial charge is 0.175 e. The molecule has 0 atom stereocenters. The van der Waals surface area contributed by atoms with E-state index in [-0.39, 0.29) is 6.61 Å². The van der Waals surface area contributed by atoms with Crippen LogP contribution in [0.25, 0.3) is 0 Å². The third-order valence-electron chi connectivity index (χ3n) is 3.31. The van der Waals surface area contributed by atoms with Crippen molar-refractivity contribution in [2.45, 2.75) is 13.5 Å². The van der Waals surface area contributed by atoms with Crippen molar-refractivity contribution >= 4 is 15.9 Å². The molecule has 0 aromatic heterocycles. The van der Waals surface area contributed by atoms with Gasteiger partial charge in [0.1, 0.15) is 6.61 Å². The highest BCUT2D eigenvalue weighted by Crippen LogP contribution is 2.37. The molecule has 0 aliphatic carbocycles. The van der Waals surface area contributed by atoms with Crippen LogP contribution in [0, 0.1) is 0 Å². The molecule has 1 saturated heterocycles. The summed E-state index contributed by atoms with van der Waals surface area (Å²) in [6.45, 7) is 7.40. The molecule has 0 bridgehead atoms. The Morgan fingerprint density at radius 1 is 1.29 bits per heavy atom. The first-order valence-electron chi connectivity index (χ1n) is 7.23. The van der Waals surface area contributed by atoms with Crippen LogP contribution in [0.3, 0.4) is 0 Å². The van der Waals surface area contributed by atoms with E-state index in [0.29, 0.717) is 24.7 Å². The van der Waals surface area contributed by atoms with E-state index in [0.717, 1.165) is 42.9 Å². The molecule has 118 valence electrons. The topological polar surface area (TPSA) is 51.2 Å². The lowest BCUT2D eigenvalue weighted by Crippen LogP contribution is -2.38. The number of rotatable bonds is 7. The monoisotopic (exact) mass is 359 g/mol. The maximum Gasteiger partial charge on any atom is 0.175 e. The number of aliphatic hydroxyl groups is 1. The summed E-state index contributed by atoms with van der Waals surface area (Å²) < 4.78 is 17.6. The first kappa shape index (κ1) is 16.5. The van der Waals surface area contributed by atoms with Crippen LogP contribution in [0.5, 0.6) is 11.5 Å². The molecule has 2 rings (SSSR count). The quantitative estimate of drug-likeness (QED) is 0.807. The Labute approximate surface area is 133 Å². The fourth-order valence-electron chi connectivity index (χ4n) is 2.22. The Kier molecular flexibility index (Phi) is 6.76. The van der Waals surface area contributed by atoms with E-state index in [9.17, 15) is 5.11 Å². The normalized spacial score (nSPS) is 16.0. The molecule has 1 aromatic carbocycles. The molecular formula is C15H22BrNO4. The van der Waals surface area contributed by atoms with Crippen LogP contribution in [0.1, 0.15) is 12.5 Å². The molecule has 1 aliphatic rings. The van der Waals surface area contributed by atoms with E-state index in [1.54, 1.807) is 0 Å². The van der Waals surface area contributed by atoms with Crippen LogP contribution in [0.2, 0.25) is 0 Å². The second-order valence-corrected chi connectivity index (χ2v) is 5.65. The summed E-state index contributed by atoms with van der Waals surface area (Å²) in [5.74, 6) is 1.36. The predicted molar refractivity (Wildman–Crippen MR) is 84.0 cm³/mol. The van der Waals surface area contributed by atoms with Crippen LogP contribution >= 0.6 is 15.9 Å². The Balaban J connectivity index is 1.97. The first-order valence-corrected chi connectivity index (χ1v) is 8.03. The number of halogens is 1. The van der Waals surface area contributed by atoms with Gasteiger partial charge in [-0.2, -0.15) is 0 Å². The molecule has 5 nitrogen and oxygen atoms in total. The van der Waals surface area contributed by atoms with E-state index in [2.05, 4.69) is 20.8 Å². The SMILES string of the molecule is CCOc1cc(CO)cc(Br)c1OCCN1CCOCC1. The number of morpholine rings is 1. The molecule has 0 saturated carbocycles. The van der Waals surface area contributed by atoms with Crippen molar-refractivity contribution in [3.63, 3.8) is 0 Å². The van der Waals surface area contributed by atoms with Crippen molar-refractivity contribution in [1.82, 2.24) is 4.90 Å². The maximum atomic E-state index is 9.26. The summed E-state index contributed by atoms with van der Waals surface area (Å²) in [7, 11) is 0. The van der Waals surface area contributed by atoms with Crippen molar-refractivity contribution in [3.05, 3.63) is 22.2 Å². The molecule has 0 unspecified atom stereocenters. The summed E-state index contributed by atoms with van der Waals surface area (Å²) in [6.07, 6.45) is 0. The van der Waals surface area contributed by atoms with Gasteiger partial charge in [-0.05, 0) is 40.5 Å². The highest BCUT2D eigenvalue weighted by atomic mass is 79.9. The third kappa shape index (κ3) is 4.85. The standard InChI is InChI=1S/C15H22BrNO4/c1-2-20-14-10-12(11-18)9-13(16)15(14)21-8-5-17-3-6-19-7-4-17/h9-10,18H,2-8,11H2,1H3. The maximum absolute atomic E-state index is 9.26. The number of nitrogens with zero attached hydrogens (tertiary/aromatic N) is 1. The van der Waals surface area contributed by atoms with Gasteiger partial charge in [0, 0.05) is 19.6 Å². The van der Waals surface area contributed by atoms with Crippen LogP contribution in [-0.4, -0.2) is 56.1 Å². The number of hydrogen-bond acceptors (Lipinski definition) is 5. The van der Waals surface area contributed by atoms with Crippen molar-refractivity contribution in [1.29, 1.82) is 0 Å². The number of aliphatic hydroxyl groups excluding tert-OH is 1. The molecule has 0 radical (unpaired) electrons. The van der Waals surface area contributed by atoms with Gasteiger partial charge in [-0.15, -0.1) is 0 Å². The number of benzene rings is 1. The molecule has 0 spiro atoms. The van der Waals surface area contributed by atoms with Crippen LogP contribution in [0.4, 0.5) is 0 Å². The minimum absolute atomic E-state index is 0.0211. The molecule has 1 N–H and O–H groups in total. The van der Waals surface area contributed by atoms with Crippen LogP contribution in [-0.2, 0) is 11.3 Å². The van der Waals surface area contributed by atoms with Gasteiger partial charge in [-0.1, -0.05) is 0 Å². The van der Waals surface area contributed by atoms with Gasteiger partial charge >= 0.3 is 0 Å². The number of ether oxygens (including phenoxy) is 3. The van der Waals surface area contributed by atoms with Crippen molar-refractivity contribution in [2.75, 3.05) is 46.1 Å². The van der Waals surface area contributed by atoms with E-state index >= 15 is 0 Å². The van der Waals surface area contributed by atoms with Gasteiger partial charge in [0.2, 0.25) is 0 Å². The molecule has 0 amide bonds. The minimum atomic E-state index is -0.0211. The lowest BCUT2D eigenvalue weighted by Gasteiger charge is -2.26. The summed E-state index contributed by atoms with van der Waals surface area (Å²) in [6, 6.07) is 3.67. The summed E-state index contributed by atoms with van der Waals surface area (Å²) >= 11 is 3.49. The average molecular weight is 360 g/mol. The highest BCUT2D eigenvalue weighted by Gasteiger charge is 2.14. The molecule has 1 heterocycles. The van der Waals surface area contributed by atoms with Gasteiger partial charge < -0.3 is 19.3 Å². The van der Waals surface area contributed by atoms with Crippen molar-refractivity contribution in [3.8, 4) is 11.5 Å². The highest BCUT2D eigenvalue weighted by molar-refractivity contribution is 9.10. The minimum Gasteiger partial charge on any atom is -0.490 e. The predicted octanol–water partition coefficient (Wildman–Crippen LogP) is 2.05. The molecule has 21 heavy (non-hydrogen) atoms. The van der Waals surface area contributed by atoms with E-state index in [1.165, 1.54) is 0 Å². The molecule has 1 aromatic rings. The van der Waals surface area contributed by atoms with Gasteiger partial charge in [0.25, 0.3) is 0 Å². The molecule has 1 fully saturated rings.